The van der Waals surface area contributed by atoms with Gasteiger partial charge < -0.3 is 15.0 Å². The normalized spacial score (nSPS) is 20.7. The molecule has 1 N–H and O–H groups in total. The van der Waals surface area contributed by atoms with Crippen LogP contribution in [0.5, 0.6) is 0 Å². The van der Waals surface area contributed by atoms with Crippen LogP contribution in [0.1, 0.15) is 25.3 Å². The van der Waals surface area contributed by atoms with Crippen LogP contribution in [0.25, 0.3) is 0 Å². The maximum atomic E-state index is 13.3. The molecule has 0 unspecified atom stereocenters. The first-order chi connectivity index (χ1) is 11.5. The van der Waals surface area contributed by atoms with Gasteiger partial charge in [-0.15, -0.1) is 0 Å². The maximum absolute atomic E-state index is 13.3. The Labute approximate surface area is 142 Å². The first-order valence-electron chi connectivity index (χ1n) is 8.31. The topological polar surface area (TPSA) is 58.6 Å². The zero-order chi connectivity index (χ0) is 17.5. The van der Waals surface area contributed by atoms with Crippen LogP contribution in [0.3, 0.4) is 0 Å². The third-order valence-electron chi connectivity index (χ3n) is 4.42. The highest BCUT2D eigenvalue weighted by Crippen LogP contribution is 2.23. The average molecular weight is 336 g/mol. The Morgan fingerprint density at radius 1 is 1.38 bits per heavy atom. The van der Waals surface area contributed by atoms with E-state index in [1.807, 2.05) is 6.92 Å². The van der Waals surface area contributed by atoms with E-state index in [-0.39, 0.29) is 36.0 Å². The number of piperidine rings is 1. The summed E-state index contributed by atoms with van der Waals surface area (Å²) in [7, 11) is 1.58. The van der Waals surface area contributed by atoms with Gasteiger partial charge in [-0.25, -0.2) is 4.39 Å². The number of ether oxygens (including phenoxy) is 1. The molecule has 0 saturated carbocycles. The van der Waals surface area contributed by atoms with E-state index in [1.165, 1.54) is 12.1 Å². The van der Waals surface area contributed by atoms with E-state index in [9.17, 15) is 14.0 Å². The second kappa shape index (κ2) is 8.78. The van der Waals surface area contributed by atoms with Crippen LogP contribution in [0.15, 0.2) is 24.3 Å². The van der Waals surface area contributed by atoms with Gasteiger partial charge in [0.2, 0.25) is 11.8 Å². The van der Waals surface area contributed by atoms with Crippen molar-refractivity contribution in [1.29, 1.82) is 0 Å². The number of rotatable bonds is 6. The lowest BCUT2D eigenvalue weighted by Gasteiger charge is -2.37. The first-order valence-corrected chi connectivity index (χ1v) is 8.31. The van der Waals surface area contributed by atoms with Crippen molar-refractivity contribution in [3.05, 3.63) is 35.6 Å². The summed E-state index contributed by atoms with van der Waals surface area (Å²) in [6, 6.07) is 6.17. The molecule has 2 atom stereocenters. The molecule has 1 heterocycles. The smallest absolute Gasteiger partial charge is 0.227 e. The van der Waals surface area contributed by atoms with Gasteiger partial charge in [-0.1, -0.05) is 12.1 Å². The van der Waals surface area contributed by atoms with Crippen molar-refractivity contribution in [2.24, 2.45) is 5.92 Å². The second-order valence-corrected chi connectivity index (χ2v) is 6.26. The van der Waals surface area contributed by atoms with Crippen molar-refractivity contribution < 1.29 is 18.7 Å². The van der Waals surface area contributed by atoms with Crippen molar-refractivity contribution in [3.63, 3.8) is 0 Å². The van der Waals surface area contributed by atoms with Crippen molar-refractivity contribution in [3.8, 4) is 0 Å². The van der Waals surface area contributed by atoms with Gasteiger partial charge >= 0.3 is 0 Å². The molecule has 2 rings (SSSR count). The molecule has 1 saturated heterocycles. The molecule has 0 spiro atoms. The van der Waals surface area contributed by atoms with E-state index in [2.05, 4.69) is 5.32 Å². The Kier molecular flexibility index (Phi) is 6.73. The Hall–Kier alpha value is -1.95. The lowest BCUT2D eigenvalue weighted by molar-refractivity contribution is -0.137. The minimum atomic E-state index is -0.345. The number of amides is 2. The third-order valence-corrected chi connectivity index (χ3v) is 4.42. The van der Waals surface area contributed by atoms with Gasteiger partial charge in [0.05, 0.1) is 18.9 Å². The second-order valence-electron chi connectivity index (χ2n) is 6.26. The van der Waals surface area contributed by atoms with Gasteiger partial charge in [-0.2, -0.15) is 0 Å². The summed E-state index contributed by atoms with van der Waals surface area (Å²) in [5, 5.41) is 2.83. The molecule has 0 radical (unpaired) electrons. The number of nitrogens with one attached hydrogen (secondary N) is 1. The van der Waals surface area contributed by atoms with E-state index < -0.39 is 0 Å². The van der Waals surface area contributed by atoms with E-state index in [1.54, 1.807) is 24.1 Å². The number of hydrogen-bond acceptors (Lipinski definition) is 3. The summed E-state index contributed by atoms with van der Waals surface area (Å²) in [6.45, 7) is 3.34. The Balaban J connectivity index is 1.94. The van der Waals surface area contributed by atoms with Crippen molar-refractivity contribution in [2.75, 3.05) is 26.8 Å². The minimum Gasteiger partial charge on any atom is -0.383 e. The number of benzene rings is 1. The summed E-state index contributed by atoms with van der Waals surface area (Å²) in [6.07, 6.45) is 1.71. The van der Waals surface area contributed by atoms with E-state index in [0.29, 0.717) is 25.3 Å². The largest absolute Gasteiger partial charge is 0.383 e. The molecule has 1 fully saturated rings. The molecule has 24 heavy (non-hydrogen) atoms. The summed E-state index contributed by atoms with van der Waals surface area (Å²) in [5.74, 6) is -0.651. The Morgan fingerprint density at radius 3 is 2.88 bits per heavy atom. The SMILES string of the molecule is COCCNC(=O)[C@@H]1CC[C@@H](C)N(C(=O)Cc2cccc(F)c2)C1. The van der Waals surface area contributed by atoms with Crippen LogP contribution >= 0.6 is 0 Å². The summed E-state index contributed by atoms with van der Waals surface area (Å²) in [4.78, 5) is 26.5. The van der Waals surface area contributed by atoms with Gasteiger partial charge in [0.25, 0.3) is 0 Å². The molecule has 6 heteroatoms. The Morgan fingerprint density at radius 2 is 2.17 bits per heavy atom. The van der Waals surface area contributed by atoms with Crippen LogP contribution in [-0.2, 0) is 20.7 Å². The van der Waals surface area contributed by atoms with Crippen molar-refractivity contribution >= 4 is 11.8 Å². The number of carbonyl (C=O) groups is 2. The number of likely N-dealkylation sites (tertiary alicyclic amines) is 1. The van der Waals surface area contributed by atoms with Crippen LogP contribution < -0.4 is 5.32 Å². The number of carbonyl (C=O) groups excluding carboxylic acids is 2. The number of nitrogens with zero attached hydrogens (tertiary/aromatic N) is 1. The maximum Gasteiger partial charge on any atom is 0.227 e. The molecule has 1 aromatic carbocycles. The van der Waals surface area contributed by atoms with Crippen molar-refractivity contribution in [1.82, 2.24) is 10.2 Å². The highest BCUT2D eigenvalue weighted by molar-refractivity contribution is 5.82. The lowest BCUT2D eigenvalue weighted by atomic mass is 9.92. The van der Waals surface area contributed by atoms with Gasteiger partial charge in [-0.05, 0) is 37.5 Å². The quantitative estimate of drug-likeness (QED) is 0.806. The predicted octanol–water partition coefficient (Wildman–Crippen LogP) is 1.76. The van der Waals surface area contributed by atoms with E-state index >= 15 is 0 Å². The molecule has 5 nitrogen and oxygen atoms in total. The van der Waals surface area contributed by atoms with Gasteiger partial charge in [-0.3, -0.25) is 9.59 Å². The van der Waals surface area contributed by atoms with Gasteiger partial charge in [0, 0.05) is 26.2 Å². The monoisotopic (exact) mass is 336 g/mol. The molecule has 1 aromatic rings. The summed E-state index contributed by atoms with van der Waals surface area (Å²) >= 11 is 0. The minimum absolute atomic E-state index is 0.0393. The molecule has 2 amide bonds. The van der Waals surface area contributed by atoms with E-state index in [4.69, 9.17) is 4.74 Å². The highest BCUT2D eigenvalue weighted by Gasteiger charge is 2.32. The zero-order valence-corrected chi connectivity index (χ0v) is 14.3. The number of methoxy groups -OCH3 is 1. The highest BCUT2D eigenvalue weighted by atomic mass is 19.1. The molecule has 0 aromatic heterocycles. The standard InChI is InChI=1S/C18H25FN2O3/c1-13-6-7-15(18(23)20-8-9-24-2)12-21(13)17(22)11-14-4-3-5-16(19)10-14/h3-5,10,13,15H,6-9,11-12H2,1-2H3,(H,20,23)/t13-,15-/m1/s1. The molecule has 0 aliphatic carbocycles. The first kappa shape index (κ1) is 18.4. The van der Waals surface area contributed by atoms with Crippen molar-refractivity contribution in [2.45, 2.75) is 32.2 Å². The molecular weight excluding hydrogens is 311 g/mol. The molecule has 1 aliphatic heterocycles. The van der Waals surface area contributed by atoms with Gasteiger partial charge in [0.15, 0.2) is 0 Å². The van der Waals surface area contributed by atoms with Crippen LogP contribution in [0.4, 0.5) is 4.39 Å². The van der Waals surface area contributed by atoms with Crippen LogP contribution in [0, 0.1) is 11.7 Å². The predicted molar refractivity (Wildman–Crippen MR) is 88.9 cm³/mol. The fourth-order valence-corrected chi connectivity index (χ4v) is 3.01. The van der Waals surface area contributed by atoms with E-state index in [0.717, 1.165) is 12.8 Å². The molecule has 0 bridgehead atoms. The van der Waals surface area contributed by atoms with Crippen LogP contribution in [-0.4, -0.2) is 49.6 Å². The van der Waals surface area contributed by atoms with Crippen LogP contribution in [0.2, 0.25) is 0 Å². The van der Waals surface area contributed by atoms with Gasteiger partial charge in [0.1, 0.15) is 5.82 Å². The summed E-state index contributed by atoms with van der Waals surface area (Å²) < 4.78 is 18.2. The lowest BCUT2D eigenvalue weighted by Crippen LogP contribution is -2.50. The fourth-order valence-electron chi connectivity index (χ4n) is 3.01. The molecule has 132 valence electrons. The number of halogens is 1. The number of hydrogen-bond donors (Lipinski definition) is 1. The molecular formula is C18H25FN2O3. The zero-order valence-electron chi connectivity index (χ0n) is 14.3. The third kappa shape index (κ3) is 5.03. The fraction of sp³-hybridized carbons (Fsp3) is 0.556. The average Bonchev–Trinajstić information content (AvgIpc) is 2.55. The Bertz CT molecular complexity index is 579. The summed E-state index contributed by atoms with van der Waals surface area (Å²) in [5.41, 5.74) is 0.652. The molecule has 1 aliphatic rings.